The molecule has 9 heteroatoms. The molecule has 0 bridgehead atoms. The molecule has 4 rings (SSSR count). The van der Waals surface area contributed by atoms with E-state index >= 15 is 0 Å². The van der Waals surface area contributed by atoms with Crippen molar-refractivity contribution in [1.82, 2.24) is 9.88 Å². The van der Waals surface area contributed by atoms with Crippen LogP contribution in [0.4, 0.5) is 5.88 Å². The van der Waals surface area contributed by atoms with Crippen LogP contribution in [0.2, 0.25) is 0 Å². The number of nitrogens with zero attached hydrogens (tertiary/aromatic N) is 3. The van der Waals surface area contributed by atoms with Crippen LogP contribution in [-0.2, 0) is 9.84 Å². The zero-order valence-corrected chi connectivity index (χ0v) is 19.7. The van der Waals surface area contributed by atoms with Gasteiger partial charge in [-0.2, -0.15) is 4.98 Å². The van der Waals surface area contributed by atoms with Gasteiger partial charge in [0.2, 0.25) is 26.6 Å². The standard InChI is InChI=1S/C20H19Br2N3O3S/c1-24-10-12-25(13-11-24)20-19(29(26,27)17-8-6-16(22)7-9-17)23-18(28-20)14-2-4-15(21)5-3-14/h2-9H,10-13H2,1H3. The first kappa shape index (κ1) is 20.6. The van der Waals surface area contributed by atoms with Crippen LogP contribution in [0.15, 0.2) is 71.8 Å². The monoisotopic (exact) mass is 539 g/mol. The Labute approximate surface area is 186 Å². The summed E-state index contributed by atoms with van der Waals surface area (Å²) in [5.74, 6) is 0.598. The lowest BCUT2D eigenvalue weighted by Gasteiger charge is -2.32. The minimum Gasteiger partial charge on any atom is -0.419 e. The Balaban J connectivity index is 1.82. The zero-order chi connectivity index (χ0) is 20.6. The predicted molar refractivity (Wildman–Crippen MR) is 119 cm³/mol. The molecule has 1 fully saturated rings. The van der Waals surface area contributed by atoms with Gasteiger partial charge in [0.1, 0.15) is 0 Å². The fourth-order valence-corrected chi connectivity index (χ4v) is 4.97. The number of oxazole rings is 1. The molecule has 29 heavy (non-hydrogen) atoms. The van der Waals surface area contributed by atoms with Crippen molar-refractivity contribution in [3.63, 3.8) is 0 Å². The maximum atomic E-state index is 13.4. The van der Waals surface area contributed by atoms with Crippen LogP contribution in [0.3, 0.4) is 0 Å². The third kappa shape index (κ3) is 4.28. The van der Waals surface area contributed by atoms with Crippen molar-refractivity contribution in [1.29, 1.82) is 0 Å². The van der Waals surface area contributed by atoms with Gasteiger partial charge in [-0.15, -0.1) is 0 Å². The van der Waals surface area contributed by atoms with Crippen molar-refractivity contribution >= 4 is 47.6 Å². The van der Waals surface area contributed by atoms with Crippen LogP contribution in [0.5, 0.6) is 0 Å². The topological polar surface area (TPSA) is 66.7 Å². The van der Waals surface area contributed by atoms with Crippen molar-refractivity contribution in [3.8, 4) is 11.5 Å². The maximum Gasteiger partial charge on any atom is 0.236 e. The van der Waals surface area contributed by atoms with E-state index in [1.165, 1.54) is 0 Å². The number of likely N-dealkylation sites (N-methyl/N-ethyl adjacent to an activating group) is 1. The average Bonchev–Trinajstić information content (AvgIpc) is 3.16. The molecular formula is C20H19Br2N3O3S. The van der Waals surface area contributed by atoms with Crippen LogP contribution in [0, 0.1) is 0 Å². The van der Waals surface area contributed by atoms with Crippen molar-refractivity contribution in [2.24, 2.45) is 0 Å². The van der Waals surface area contributed by atoms with Crippen molar-refractivity contribution in [2.75, 3.05) is 38.1 Å². The zero-order valence-electron chi connectivity index (χ0n) is 15.7. The number of sulfone groups is 1. The fraction of sp³-hybridized carbons (Fsp3) is 0.250. The van der Waals surface area contributed by atoms with Crippen molar-refractivity contribution in [3.05, 3.63) is 57.5 Å². The Morgan fingerprint density at radius 2 is 1.45 bits per heavy atom. The molecule has 0 spiro atoms. The Morgan fingerprint density at radius 3 is 2.03 bits per heavy atom. The fourth-order valence-electron chi connectivity index (χ4n) is 3.12. The van der Waals surface area contributed by atoms with E-state index in [4.69, 9.17) is 4.42 Å². The Bertz CT molecular complexity index is 1100. The first-order chi connectivity index (χ1) is 13.8. The summed E-state index contributed by atoms with van der Waals surface area (Å²) in [6, 6.07) is 14.0. The van der Waals surface area contributed by atoms with Crippen LogP contribution in [0.1, 0.15) is 0 Å². The lowest BCUT2D eigenvalue weighted by atomic mass is 10.2. The Morgan fingerprint density at radius 1 is 0.897 bits per heavy atom. The first-order valence-corrected chi connectivity index (χ1v) is 12.1. The first-order valence-electron chi connectivity index (χ1n) is 9.05. The van der Waals surface area contributed by atoms with Crippen LogP contribution in [-0.4, -0.2) is 51.5 Å². The second-order valence-electron chi connectivity index (χ2n) is 6.88. The van der Waals surface area contributed by atoms with Crippen molar-refractivity contribution < 1.29 is 12.8 Å². The third-order valence-corrected chi connectivity index (χ3v) is 7.56. The quantitative estimate of drug-likeness (QED) is 0.487. The van der Waals surface area contributed by atoms with E-state index in [0.717, 1.165) is 27.6 Å². The number of rotatable bonds is 4. The number of piperazine rings is 1. The molecule has 3 aromatic rings. The van der Waals surface area contributed by atoms with Gasteiger partial charge in [-0.1, -0.05) is 31.9 Å². The highest BCUT2D eigenvalue weighted by Crippen LogP contribution is 2.35. The van der Waals surface area contributed by atoms with E-state index in [2.05, 4.69) is 41.7 Å². The van der Waals surface area contributed by atoms with Gasteiger partial charge in [0, 0.05) is 40.7 Å². The molecule has 0 amide bonds. The summed E-state index contributed by atoms with van der Waals surface area (Å²) in [6.07, 6.45) is 0. The van der Waals surface area contributed by atoms with Crippen LogP contribution in [0.25, 0.3) is 11.5 Å². The second kappa shape index (κ2) is 8.22. The van der Waals surface area contributed by atoms with Gasteiger partial charge in [0.05, 0.1) is 4.90 Å². The summed E-state index contributed by atoms with van der Waals surface area (Å²) in [7, 11) is -1.79. The number of benzene rings is 2. The summed E-state index contributed by atoms with van der Waals surface area (Å²) >= 11 is 6.76. The number of halogens is 2. The number of hydrogen-bond acceptors (Lipinski definition) is 6. The highest BCUT2D eigenvalue weighted by molar-refractivity contribution is 9.10. The lowest BCUT2D eigenvalue weighted by molar-refractivity contribution is 0.305. The average molecular weight is 541 g/mol. The maximum absolute atomic E-state index is 13.4. The van der Waals surface area contributed by atoms with Gasteiger partial charge < -0.3 is 14.2 Å². The summed E-state index contributed by atoms with van der Waals surface area (Å²) < 4.78 is 34.6. The SMILES string of the molecule is CN1CCN(c2oc(-c3ccc(Br)cc3)nc2S(=O)(=O)c2ccc(Br)cc2)CC1. The molecule has 0 radical (unpaired) electrons. The van der Waals surface area contributed by atoms with E-state index in [0.29, 0.717) is 24.9 Å². The second-order valence-corrected chi connectivity index (χ2v) is 10.6. The number of aromatic nitrogens is 1. The van der Waals surface area contributed by atoms with E-state index in [1.807, 2.05) is 36.2 Å². The lowest BCUT2D eigenvalue weighted by Crippen LogP contribution is -2.44. The normalized spacial score (nSPS) is 15.6. The summed E-state index contributed by atoms with van der Waals surface area (Å²) in [6.45, 7) is 3.00. The Kier molecular flexibility index (Phi) is 5.83. The Hall–Kier alpha value is -1.68. The molecule has 0 saturated carbocycles. The summed E-state index contributed by atoms with van der Waals surface area (Å²) in [5.41, 5.74) is 0.723. The third-order valence-electron chi connectivity index (χ3n) is 4.84. The van der Waals surface area contributed by atoms with E-state index in [9.17, 15) is 8.42 Å². The smallest absolute Gasteiger partial charge is 0.236 e. The molecule has 1 aliphatic rings. The molecule has 1 aromatic heterocycles. The van der Waals surface area contributed by atoms with Gasteiger partial charge in [-0.3, -0.25) is 0 Å². The molecule has 0 unspecified atom stereocenters. The summed E-state index contributed by atoms with van der Waals surface area (Å²) in [4.78, 5) is 8.78. The van der Waals surface area contributed by atoms with Gasteiger partial charge in [0.15, 0.2) is 0 Å². The molecule has 0 N–H and O–H groups in total. The summed E-state index contributed by atoms with van der Waals surface area (Å²) in [5, 5.41) is -0.0395. The van der Waals surface area contributed by atoms with Crippen LogP contribution >= 0.6 is 31.9 Å². The van der Waals surface area contributed by atoms with E-state index in [1.54, 1.807) is 24.3 Å². The minimum atomic E-state index is -3.83. The number of anilines is 1. The van der Waals surface area contributed by atoms with Gasteiger partial charge in [0.25, 0.3) is 0 Å². The highest BCUT2D eigenvalue weighted by atomic mass is 79.9. The molecule has 2 heterocycles. The number of hydrogen-bond donors (Lipinski definition) is 0. The van der Waals surface area contributed by atoms with Gasteiger partial charge in [-0.25, -0.2) is 8.42 Å². The predicted octanol–water partition coefficient (Wildman–Crippen LogP) is 4.45. The van der Waals surface area contributed by atoms with Gasteiger partial charge in [-0.05, 0) is 55.6 Å². The van der Waals surface area contributed by atoms with E-state index in [-0.39, 0.29) is 9.92 Å². The molecule has 1 saturated heterocycles. The molecule has 6 nitrogen and oxygen atoms in total. The van der Waals surface area contributed by atoms with Crippen LogP contribution < -0.4 is 4.90 Å². The molecule has 1 aliphatic heterocycles. The highest BCUT2D eigenvalue weighted by Gasteiger charge is 2.32. The van der Waals surface area contributed by atoms with E-state index < -0.39 is 9.84 Å². The van der Waals surface area contributed by atoms with Gasteiger partial charge >= 0.3 is 0 Å². The minimum absolute atomic E-state index is 0.0395. The molecule has 0 aliphatic carbocycles. The molecule has 2 aromatic carbocycles. The van der Waals surface area contributed by atoms with Crippen molar-refractivity contribution in [2.45, 2.75) is 9.92 Å². The molecular weight excluding hydrogens is 522 g/mol. The molecule has 152 valence electrons. The molecule has 0 atom stereocenters. The largest absolute Gasteiger partial charge is 0.419 e.